The molecule has 0 aliphatic carbocycles. The van der Waals surface area contributed by atoms with Gasteiger partial charge in [0.2, 0.25) is 0 Å². The summed E-state index contributed by atoms with van der Waals surface area (Å²) < 4.78 is 0. The van der Waals surface area contributed by atoms with Gasteiger partial charge in [0.25, 0.3) is 0 Å². The summed E-state index contributed by atoms with van der Waals surface area (Å²) in [5, 5.41) is 0. The first-order valence-electron chi connectivity index (χ1n) is 1.73. The molecule has 0 heteroatoms. The molecule has 0 aromatic rings. The molecule has 0 aromatic heterocycles. The highest BCUT2D eigenvalue weighted by Gasteiger charge is 1.68. The molecule has 4 heavy (non-hydrogen) atoms. The van der Waals surface area contributed by atoms with E-state index in [0.29, 0.717) is 0 Å². The van der Waals surface area contributed by atoms with Crippen molar-refractivity contribution in [1.29, 1.82) is 0 Å². The zero-order valence-corrected chi connectivity index (χ0v) is 3.58. The average Bonchev–Trinajstić information content (AvgIpc) is 0.811. The van der Waals surface area contributed by atoms with Crippen LogP contribution < -0.4 is 0 Å². The van der Waals surface area contributed by atoms with E-state index in [1.165, 1.54) is 0 Å². The Kier molecular flexibility index (Phi) is 1.33. The molecule has 0 amide bonds. The molecule has 0 nitrogen and oxygen atoms in total. The third-order valence-corrected chi connectivity index (χ3v) is 0. The molecule has 0 spiro atoms. The zero-order chi connectivity index (χ0) is 3.58. The van der Waals surface area contributed by atoms with Crippen LogP contribution in [-0.4, -0.2) is 0 Å². The molecular formula is C4H12. The van der Waals surface area contributed by atoms with E-state index >= 15 is 0 Å². The van der Waals surface area contributed by atoms with Crippen molar-refractivity contribution in [2.75, 3.05) is 0 Å². The second-order valence-corrected chi connectivity index (χ2v) is 1.73. The summed E-state index contributed by atoms with van der Waals surface area (Å²) in [5.41, 5.74) is 0. The van der Waals surface area contributed by atoms with Crippen LogP contribution in [0.5, 0.6) is 0 Å². The van der Waals surface area contributed by atoms with Crippen molar-refractivity contribution in [3.63, 3.8) is 0 Å². The Balaban J connectivity index is 0. The highest BCUT2D eigenvalue weighted by molar-refractivity contribution is 4.20. The molecule has 0 saturated carbocycles. The Morgan fingerprint density at radius 3 is 1.25 bits per heavy atom. The van der Waals surface area contributed by atoms with Crippen LogP contribution in [0.1, 0.15) is 22.2 Å². The molecule has 0 bridgehead atoms. The Morgan fingerprint density at radius 1 is 1.25 bits per heavy atom. The van der Waals surface area contributed by atoms with Gasteiger partial charge in [0, 0.05) is 1.43 Å². The molecule has 0 atom stereocenters. The highest BCUT2D eigenvalue weighted by atomic mass is 13.7. The average molecular weight is 61.1 g/mol. The summed E-state index contributed by atoms with van der Waals surface area (Å²) in [7, 11) is 0. The molecule has 0 saturated heterocycles. The molecule has 0 rings (SSSR count). The lowest BCUT2D eigenvalue weighted by molar-refractivity contribution is 0.737. The summed E-state index contributed by atoms with van der Waals surface area (Å²) in [6, 6.07) is 0. The minimum atomic E-state index is 0. The third-order valence-electron chi connectivity index (χ3n) is 0. The van der Waals surface area contributed by atoms with Gasteiger partial charge >= 0.3 is 0 Å². The van der Waals surface area contributed by atoms with E-state index in [4.69, 9.17) is 0 Å². The van der Waals surface area contributed by atoms with Crippen LogP contribution in [0.2, 0.25) is 0 Å². The second-order valence-electron chi connectivity index (χ2n) is 1.73. The van der Waals surface area contributed by atoms with Crippen LogP contribution in [0.3, 0.4) is 0 Å². The first kappa shape index (κ1) is 4.00. The maximum Gasteiger partial charge on any atom is 0 e. The number of hydrogen-bond donors (Lipinski definition) is 0. The second kappa shape index (κ2) is 1.33. The lowest BCUT2D eigenvalue weighted by Crippen LogP contribution is -1.66. The van der Waals surface area contributed by atoms with E-state index in [9.17, 15) is 0 Å². The molecule has 0 radical (unpaired) electrons. The smallest absolute Gasteiger partial charge is 0 e. The molecule has 0 unspecified atom stereocenters. The number of hydrogen-bond acceptors (Lipinski definition) is 0. The minimum Gasteiger partial charge on any atom is -0.0630 e. The van der Waals surface area contributed by atoms with E-state index in [1.807, 2.05) is 0 Å². The minimum absolute atomic E-state index is 0. The quantitative estimate of drug-likeness (QED) is 0.401. The molecular weight excluding hydrogens is 48.0 g/mol. The van der Waals surface area contributed by atoms with Crippen LogP contribution >= 0.6 is 0 Å². The largest absolute Gasteiger partial charge is 0.0630 e. The van der Waals surface area contributed by atoms with Crippen molar-refractivity contribution in [3.05, 3.63) is 0 Å². The standard InChI is InChI=1S/C4H10.H2/c1-4(2)3;/h4H,1-3H3;1H/i;1+1. The van der Waals surface area contributed by atoms with Crippen molar-refractivity contribution in [1.82, 2.24) is 0 Å². The van der Waals surface area contributed by atoms with E-state index in [0.717, 1.165) is 5.92 Å². The lowest BCUT2D eigenvalue weighted by atomic mass is 10.3. The normalized spacial score (nSPS) is 9.00. The van der Waals surface area contributed by atoms with E-state index in [1.54, 1.807) is 0 Å². The van der Waals surface area contributed by atoms with Crippen LogP contribution in [-0.2, 0) is 0 Å². The van der Waals surface area contributed by atoms with Crippen LogP contribution in [0, 0.1) is 5.92 Å². The SMILES string of the molecule is CC(C)C.[2HH]. The van der Waals surface area contributed by atoms with Gasteiger partial charge in [-0.05, 0) is 5.92 Å². The van der Waals surface area contributed by atoms with Crippen LogP contribution in [0.25, 0.3) is 0 Å². The molecule has 0 aliphatic heterocycles. The molecule has 0 N–H and O–H groups in total. The maximum absolute atomic E-state index is 2.17. The summed E-state index contributed by atoms with van der Waals surface area (Å²) in [4.78, 5) is 0. The molecule has 28 valence electrons. The van der Waals surface area contributed by atoms with Gasteiger partial charge < -0.3 is 0 Å². The Morgan fingerprint density at radius 2 is 1.25 bits per heavy atom. The van der Waals surface area contributed by atoms with E-state index < -0.39 is 0 Å². The lowest BCUT2D eigenvalue weighted by Gasteiger charge is -1.79. The maximum atomic E-state index is 2.17. The summed E-state index contributed by atoms with van der Waals surface area (Å²) in [5.74, 6) is 0.833. The predicted octanol–water partition coefficient (Wildman–Crippen LogP) is 1.91. The van der Waals surface area contributed by atoms with Gasteiger partial charge in [-0.25, -0.2) is 0 Å². The fraction of sp³-hybridized carbons (Fsp3) is 1.00. The van der Waals surface area contributed by atoms with Gasteiger partial charge in [0.15, 0.2) is 0 Å². The third kappa shape index (κ3) is 0. The van der Waals surface area contributed by atoms with Gasteiger partial charge in [-0.2, -0.15) is 0 Å². The Hall–Kier alpha value is 0. The van der Waals surface area contributed by atoms with Crippen LogP contribution in [0.15, 0.2) is 0 Å². The van der Waals surface area contributed by atoms with Gasteiger partial charge in [-0.3, -0.25) is 0 Å². The van der Waals surface area contributed by atoms with Gasteiger partial charge in [0.1, 0.15) is 0 Å². The molecule has 0 aromatic carbocycles. The van der Waals surface area contributed by atoms with Crippen molar-refractivity contribution in [3.8, 4) is 0 Å². The Labute approximate surface area is 29.3 Å². The van der Waals surface area contributed by atoms with Gasteiger partial charge in [-0.15, -0.1) is 0 Å². The Bertz CT molecular complexity index is 8.36. The molecule has 0 heterocycles. The fourth-order valence-corrected chi connectivity index (χ4v) is 0. The highest BCUT2D eigenvalue weighted by Crippen LogP contribution is 1.81. The van der Waals surface area contributed by atoms with Crippen LogP contribution in [0.4, 0.5) is 0 Å². The summed E-state index contributed by atoms with van der Waals surface area (Å²) >= 11 is 0. The van der Waals surface area contributed by atoms with E-state index in [-0.39, 0.29) is 1.43 Å². The topological polar surface area (TPSA) is 0 Å². The van der Waals surface area contributed by atoms with Gasteiger partial charge in [-0.1, -0.05) is 20.8 Å². The number of rotatable bonds is 0. The first-order chi connectivity index (χ1) is 1.73. The van der Waals surface area contributed by atoms with Crippen molar-refractivity contribution in [2.45, 2.75) is 20.8 Å². The summed E-state index contributed by atoms with van der Waals surface area (Å²) in [6.45, 7) is 6.50. The predicted molar refractivity (Wildman–Crippen MR) is 22.6 cm³/mol. The first-order valence-corrected chi connectivity index (χ1v) is 1.73. The summed E-state index contributed by atoms with van der Waals surface area (Å²) in [6.07, 6.45) is 0. The van der Waals surface area contributed by atoms with Crippen molar-refractivity contribution >= 4 is 0 Å². The fourth-order valence-electron chi connectivity index (χ4n) is 0. The zero-order valence-electron chi connectivity index (χ0n) is 3.58. The monoisotopic (exact) mass is 61.1 g/mol. The molecule has 0 fully saturated rings. The molecule has 0 aliphatic rings. The van der Waals surface area contributed by atoms with Crippen molar-refractivity contribution in [2.24, 2.45) is 5.92 Å². The van der Waals surface area contributed by atoms with Crippen molar-refractivity contribution < 1.29 is 1.43 Å². The van der Waals surface area contributed by atoms with Gasteiger partial charge in [0.05, 0.1) is 0 Å². The van der Waals surface area contributed by atoms with E-state index in [2.05, 4.69) is 20.8 Å².